The molecule has 0 N–H and O–H groups in total. The predicted octanol–water partition coefficient (Wildman–Crippen LogP) is 3.60. The Bertz CT molecular complexity index is 562. The van der Waals surface area contributed by atoms with Crippen LogP contribution in [-0.2, 0) is 0 Å². The number of likely N-dealkylation sites (N-methyl/N-ethyl adjacent to an activating group) is 1. The van der Waals surface area contributed by atoms with Crippen molar-refractivity contribution in [1.82, 2.24) is 0 Å². The first-order valence-corrected chi connectivity index (χ1v) is 6.11. The highest BCUT2D eigenvalue weighted by atomic mass is 32.1. The van der Waals surface area contributed by atoms with Crippen LogP contribution < -0.4 is 4.90 Å². The Morgan fingerprint density at radius 3 is 2.35 bits per heavy atom. The third-order valence-electron chi connectivity index (χ3n) is 3.32. The van der Waals surface area contributed by atoms with Crippen molar-refractivity contribution in [2.75, 3.05) is 11.9 Å². The summed E-state index contributed by atoms with van der Waals surface area (Å²) in [6, 6.07) is 18.9. The van der Waals surface area contributed by atoms with Gasteiger partial charge >= 0.3 is 0 Å². The standard InChI is InChI=1S/C15H13NS/c1-16-13-10-6-5-9-12(13)14(15(16)17)11-7-3-2-4-8-11/h2-10,14H,1H3. The van der Waals surface area contributed by atoms with Gasteiger partial charge in [0, 0.05) is 12.7 Å². The summed E-state index contributed by atoms with van der Waals surface area (Å²) >= 11 is 5.58. The van der Waals surface area contributed by atoms with Crippen LogP contribution in [0, 0.1) is 0 Å². The minimum absolute atomic E-state index is 0.229. The Kier molecular flexibility index (Phi) is 2.45. The van der Waals surface area contributed by atoms with Gasteiger partial charge in [-0.25, -0.2) is 0 Å². The van der Waals surface area contributed by atoms with Crippen LogP contribution in [0.3, 0.4) is 0 Å². The van der Waals surface area contributed by atoms with Gasteiger partial charge in [-0.15, -0.1) is 0 Å². The summed E-state index contributed by atoms with van der Waals surface area (Å²) < 4.78 is 0. The number of fused-ring (bicyclic) bond motifs is 1. The number of thiocarbonyl (C=S) groups is 1. The molecule has 0 aliphatic carbocycles. The normalized spacial score (nSPS) is 18.3. The summed E-state index contributed by atoms with van der Waals surface area (Å²) in [6.45, 7) is 0. The molecule has 0 saturated carbocycles. The van der Waals surface area contributed by atoms with Gasteiger partial charge in [0.1, 0.15) is 0 Å². The lowest BCUT2D eigenvalue weighted by Gasteiger charge is -2.14. The van der Waals surface area contributed by atoms with Gasteiger partial charge in [0.25, 0.3) is 0 Å². The number of hydrogen-bond acceptors (Lipinski definition) is 1. The smallest absolute Gasteiger partial charge is 0.0942 e. The molecule has 0 spiro atoms. The summed E-state index contributed by atoms with van der Waals surface area (Å²) in [6.07, 6.45) is 0. The molecule has 0 fully saturated rings. The Hall–Kier alpha value is -1.67. The third-order valence-corrected chi connectivity index (χ3v) is 3.83. The van der Waals surface area contributed by atoms with E-state index in [2.05, 4.69) is 53.4 Å². The van der Waals surface area contributed by atoms with Crippen LogP contribution in [0.4, 0.5) is 5.69 Å². The van der Waals surface area contributed by atoms with Crippen LogP contribution in [-0.4, -0.2) is 12.0 Å². The van der Waals surface area contributed by atoms with Crippen LogP contribution in [0.15, 0.2) is 54.6 Å². The summed E-state index contributed by atoms with van der Waals surface area (Å²) in [5.41, 5.74) is 3.81. The number of nitrogens with zero attached hydrogens (tertiary/aromatic N) is 1. The lowest BCUT2D eigenvalue weighted by Crippen LogP contribution is -2.22. The number of benzene rings is 2. The third kappa shape index (κ3) is 1.56. The molecule has 0 bridgehead atoms. The lowest BCUT2D eigenvalue weighted by atomic mass is 9.93. The molecular formula is C15H13NS. The van der Waals surface area contributed by atoms with E-state index >= 15 is 0 Å². The summed E-state index contributed by atoms with van der Waals surface area (Å²) in [7, 11) is 2.05. The van der Waals surface area contributed by atoms with Crippen LogP contribution in [0.2, 0.25) is 0 Å². The molecule has 2 aromatic carbocycles. The van der Waals surface area contributed by atoms with Gasteiger partial charge in [0.15, 0.2) is 0 Å². The molecule has 0 aromatic heterocycles. The maximum Gasteiger partial charge on any atom is 0.0942 e. The molecule has 84 valence electrons. The Morgan fingerprint density at radius 1 is 0.941 bits per heavy atom. The molecule has 0 saturated heterocycles. The minimum atomic E-state index is 0.229. The van der Waals surface area contributed by atoms with E-state index in [1.165, 1.54) is 16.8 Å². The fraction of sp³-hybridized carbons (Fsp3) is 0.133. The summed E-state index contributed by atoms with van der Waals surface area (Å²) in [5.74, 6) is 0.229. The lowest BCUT2D eigenvalue weighted by molar-refractivity contribution is 1.13. The van der Waals surface area contributed by atoms with E-state index in [1.807, 2.05) is 13.1 Å². The van der Waals surface area contributed by atoms with Crippen molar-refractivity contribution in [2.45, 2.75) is 5.92 Å². The molecular weight excluding hydrogens is 226 g/mol. The van der Waals surface area contributed by atoms with Gasteiger partial charge in [-0.3, -0.25) is 0 Å². The minimum Gasteiger partial charge on any atom is -0.338 e. The van der Waals surface area contributed by atoms with Crippen molar-refractivity contribution in [3.05, 3.63) is 65.7 Å². The zero-order valence-corrected chi connectivity index (χ0v) is 10.4. The first-order chi connectivity index (χ1) is 8.29. The van der Waals surface area contributed by atoms with E-state index < -0.39 is 0 Å². The average molecular weight is 239 g/mol. The maximum atomic E-state index is 5.58. The zero-order chi connectivity index (χ0) is 11.8. The van der Waals surface area contributed by atoms with Crippen LogP contribution >= 0.6 is 12.2 Å². The average Bonchev–Trinajstić information content (AvgIpc) is 2.64. The molecule has 2 aromatic rings. The highest BCUT2D eigenvalue weighted by Gasteiger charge is 2.32. The molecule has 1 aliphatic rings. The quantitative estimate of drug-likeness (QED) is 0.700. The van der Waals surface area contributed by atoms with Gasteiger partial charge in [-0.2, -0.15) is 0 Å². The molecule has 0 radical (unpaired) electrons. The van der Waals surface area contributed by atoms with Crippen molar-refractivity contribution in [3.63, 3.8) is 0 Å². The highest BCUT2D eigenvalue weighted by molar-refractivity contribution is 7.80. The second kappa shape index (κ2) is 3.97. The number of para-hydroxylation sites is 1. The number of rotatable bonds is 1. The molecule has 1 unspecified atom stereocenters. The Balaban J connectivity index is 2.16. The molecule has 0 amide bonds. The Labute approximate surface area is 107 Å². The number of hydrogen-bond donors (Lipinski definition) is 0. The van der Waals surface area contributed by atoms with Crippen LogP contribution in [0.5, 0.6) is 0 Å². The topological polar surface area (TPSA) is 3.24 Å². The first kappa shape index (κ1) is 10.5. The van der Waals surface area contributed by atoms with Crippen molar-refractivity contribution in [2.24, 2.45) is 0 Å². The van der Waals surface area contributed by atoms with Crippen LogP contribution in [0.1, 0.15) is 17.0 Å². The highest BCUT2D eigenvalue weighted by Crippen LogP contribution is 2.40. The second-order valence-electron chi connectivity index (χ2n) is 4.30. The monoisotopic (exact) mass is 239 g/mol. The SMILES string of the molecule is CN1C(=S)C(c2ccccc2)c2ccccc21. The van der Waals surface area contributed by atoms with E-state index in [0.29, 0.717) is 0 Å². The van der Waals surface area contributed by atoms with Crippen molar-refractivity contribution < 1.29 is 0 Å². The van der Waals surface area contributed by atoms with E-state index in [-0.39, 0.29) is 5.92 Å². The molecule has 3 rings (SSSR count). The van der Waals surface area contributed by atoms with Crippen LogP contribution in [0.25, 0.3) is 0 Å². The fourth-order valence-electron chi connectivity index (χ4n) is 2.45. The van der Waals surface area contributed by atoms with Gasteiger partial charge < -0.3 is 4.90 Å². The van der Waals surface area contributed by atoms with Crippen molar-refractivity contribution in [3.8, 4) is 0 Å². The summed E-state index contributed by atoms with van der Waals surface area (Å²) in [4.78, 5) is 3.10. The summed E-state index contributed by atoms with van der Waals surface area (Å²) in [5, 5.41) is 0. The van der Waals surface area contributed by atoms with Gasteiger partial charge in [-0.05, 0) is 17.2 Å². The van der Waals surface area contributed by atoms with E-state index in [0.717, 1.165) is 4.99 Å². The predicted molar refractivity (Wildman–Crippen MR) is 75.7 cm³/mol. The van der Waals surface area contributed by atoms with E-state index in [1.54, 1.807) is 0 Å². The van der Waals surface area contributed by atoms with E-state index in [9.17, 15) is 0 Å². The van der Waals surface area contributed by atoms with E-state index in [4.69, 9.17) is 12.2 Å². The zero-order valence-electron chi connectivity index (χ0n) is 9.63. The number of anilines is 1. The van der Waals surface area contributed by atoms with Gasteiger partial charge in [0.2, 0.25) is 0 Å². The second-order valence-corrected chi connectivity index (χ2v) is 4.72. The molecule has 1 atom stereocenters. The van der Waals surface area contributed by atoms with Crippen molar-refractivity contribution in [1.29, 1.82) is 0 Å². The van der Waals surface area contributed by atoms with Crippen molar-refractivity contribution >= 4 is 22.9 Å². The largest absolute Gasteiger partial charge is 0.338 e. The molecule has 1 aliphatic heterocycles. The fourth-order valence-corrected chi connectivity index (χ4v) is 2.81. The van der Waals surface area contributed by atoms with Gasteiger partial charge in [0.05, 0.1) is 10.9 Å². The molecule has 1 heterocycles. The molecule has 17 heavy (non-hydrogen) atoms. The maximum absolute atomic E-state index is 5.58. The molecule has 1 nitrogen and oxygen atoms in total. The Morgan fingerprint density at radius 2 is 1.59 bits per heavy atom. The molecule has 2 heteroatoms. The first-order valence-electron chi connectivity index (χ1n) is 5.70. The van der Waals surface area contributed by atoms with Gasteiger partial charge in [-0.1, -0.05) is 60.7 Å².